The lowest BCUT2D eigenvalue weighted by Gasteiger charge is -1.99. The summed E-state index contributed by atoms with van der Waals surface area (Å²) >= 11 is 1.17. The first-order chi connectivity index (χ1) is 13.6. The Morgan fingerprint density at radius 1 is 1.07 bits per heavy atom. The number of ether oxygens (including phenoxy) is 1. The number of aromatic nitrogens is 3. The molecule has 2 aromatic carbocycles. The summed E-state index contributed by atoms with van der Waals surface area (Å²) in [6, 6.07) is 14.6. The molecule has 28 heavy (non-hydrogen) atoms. The van der Waals surface area contributed by atoms with Crippen molar-refractivity contribution >= 4 is 22.4 Å². The zero-order chi connectivity index (χ0) is 19.5. The number of methoxy groups -OCH3 is 1. The molecule has 0 aliphatic carbocycles. The van der Waals surface area contributed by atoms with Crippen LogP contribution >= 0.6 is 11.3 Å². The smallest absolute Gasteiger partial charge is 0.279 e. The Hall–Kier alpha value is -3.59. The van der Waals surface area contributed by atoms with Gasteiger partial charge in [0.05, 0.1) is 7.11 Å². The van der Waals surface area contributed by atoms with E-state index in [9.17, 15) is 9.18 Å². The number of rotatable bonds is 5. The number of carbonyl (C=O) groups is 1. The Bertz CT molecular complexity index is 1110. The molecule has 0 spiro atoms. The van der Waals surface area contributed by atoms with Crippen molar-refractivity contribution in [3.8, 4) is 27.6 Å². The highest BCUT2D eigenvalue weighted by Gasteiger charge is 2.16. The molecule has 1 N–H and O–H groups in total. The summed E-state index contributed by atoms with van der Waals surface area (Å²) in [5, 5.41) is 15.2. The molecule has 0 radical (unpaired) electrons. The van der Waals surface area contributed by atoms with E-state index in [0.29, 0.717) is 21.5 Å². The molecule has 0 atom stereocenters. The molecule has 9 heteroatoms. The van der Waals surface area contributed by atoms with Crippen LogP contribution < -0.4 is 10.1 Å². The van der Waals surface area contributed by atoms with Gasteiger partial charge in [0.25, 0.3) is 5.91 Å². The SMILES string of the molecule is COc1ccc(-c2cc(C(=O)Nc3nnc(-c4ccc(F)cc4)s3)no2)cc1. The molecule has 0 saturated carbocycles. The number of anilines is 1. The zero-order valence-electron chi connectivity index (χ0n) is 14.5. The molecule has 140 valence electrons. The fourth-order valence-electron chi connectivity index (χ4n) is 2.42. The van der Waals surface area contributed by atoms with E-state index in [4.69, 9.17) is 9.26 Å². The lowest BCUT2D eigenvalue weighted by atomic mass is 10.1. The van der Waals surface area contributed by atoms with Crippen molar-refractivity contribution < 1.29 is 18.4 Å². The van der Waals surface area contributed by atoms with E-state index in [1.54, 1.807) is 49.6 Å². The third-order valence-electron chi connectivity index (χ3n) is 3.85. The van der Waals surface area contributed by atoms with Crippen LogP contribution in [0.5, 0.6) is 5.75 Å². The standard InChI is InChI=1S/C19H13FN4O3S/c1-26-14-8-4-11(5-9-14)16-10-15(24-27-16)17(25)21-19-23-22-18(28-19)12-2-6-13(20)7-3-12/h2-10H,1H3,(H,21,23,25). The first-order valence-electron chi connectivity index (χ1n) is 8.14. The summed E-state index contributed by atoms with van der Waals surface area (Å²) in [5.74, 6) is 0.373. The first kappa shape index (κ1) is 17.8. The first-order valence-corrected chi connectivity index (χ1v) is 8.96. The van der Waals surface area contributed by atoms with Gasteiger partial charge in [0, 0.05) is 17.2 Å². The normalized spacial score (nSPS) is 10.6. The quantitative estimate of drug-likeness (QED) is 0.542. The van der Waals surface area contributed by atoms with Crippen LogP contribution in [0.25, 0.3) is 21.9 Å². The van der Waals surface area contributed by atoms with Crippen LogP contribution in [0.3, 0.4) is 0 Å². The molecule has 2 heterocycles. The van der Waals surface area contributed by atoms with E-state index in [-0.39, 0.29) is 11.5 Å². The minimum atomic E-state index is -0.467. The van der Waals surface area contributed by atoms with Crippen LogP contribution in [0.2, 0.25) is 0 Å². The summed E-state index contributed by atoms with van der Waals surface area (Å²) in [6.07, 6.45) is 0. The second-order valence-electron chi connectivity index (χ2n) is 5.68. The van der Waals surface area contributed by atoms with Crippen LogP contribution in [0, 0.1) is 5.82 Å². The van der Waals surface area contributed by atoms with Gasteiger partial charge in [-0.2, -0.15) is 0 Å². The Balaban J connectivity index is 1.47. The van der Waals surface area contributed by atoms with Crippen molar-refractivity contribution in [1.82, 2.24) is 15.4 Å². The van der Waals surface area contributed by atoms with E-state index < -0.39 is 5.91 Å². The van der Waals surface area contributed by atoms with Gasteiger partial charge < -0.3 is 9.26 Å². The number of nitrogens with one attached hydrogen (secondary N) is 1. The average Bonchev–Trinajstić information content (AvgIpc) is 3.39. The highest BCUT2D eigenvalue weighted by molar-refractivity contribution is 7.18. The third-order valence-corrected chi connectivity index (χ3v) is 4.74. The van der Waals surface area contributed by atoms with Gasteiger partial charge in [-0.25, -0.2) is 4.39 Å². The second-order valence-corrected chi connectivity index (χ2v) is 6.66. The van der Waals surface area contributed by atoms with Gasteiger partial charge in [-0.15, -0.1) is 10.2 Å². The van der Waals surface area contributed by atoms with Gasteiger partial charge in [-0.3, -0.25) is 10.1 Å². The number of nitrogens with zero attached hydrogens (tertiary/aromatic N) is 3. The number of hydrogen-bond acceptors (Lipinski definition) is 7. The van der Waals surface area contributed by atoms with Gasteiger partial charge in [-0.05, 0) is 48.5 Å². The van der Waals surface area contributed by atoms with E-state index in [1.165, 1.54) is 23.5 Å². The highest BCUT2D eigenvalue weighted by Crippen LogP contribution is 2.27. The van der Waals surface area contributed by atoms with E-state index >= 15 is 0 Å². The van der Waals surface area contributed by atoms with Gasteiger partial charge in [-0.1, -0.05) is 16.5 Å². The summed E-state index contributed by atoms with van der Waals surface area (Å²) in [4.78, 5) is 12.4. The van der Waals surface area contributed by atoms with Gasteiger partial charge in [0.15, 0.2) is 11.5 Å². The van der Waals surface area contributed by atoms with Crippen molar-refractivity contribution in [3.63, 3.8) is 0 Å². The van der Waals surface area contributed by atoms with Crippen LogP contribution in [0.4, 0.5) is 9.52 Å². The maximum atomic E-state index is 13.0. The fourth-order valence-corrected chi connectivity index (χ4v) is 3.16. The Morgan fingerprint density at radius 3 is 2.50 bits per heavy atom. The maximum absolute atomic E-state index is 13.0. The Labute approximate surface area is 162 Å². The highest BCUT2D eigenvalue weighted by atomic mass is 32.1. The van der Waals surface area contributed by atoms with E-state index in [1.807, 2.05) is 0 Å². The predicted molar refractivity (Wildman–Crippen MR) is 102 cm³/mol. The lowest BCUT2D eigenvalue weighted by Crippen LogP contribution is -2.11. The summed E-state index contributed by atoms with van der Waals surface area (Å²) in [7, 11) is 1.58. The molecule has 4 aromatic rings. The number of amides is 1. The number of halogens is 1. The largest absolute Gasteiger partial charge is 0.497 e. The van der Waals surface area contributed by atoms with Crippen molar-refractivity contribution in [3.05, 3.63) is 66.1 Å². The minimum absolute atomic E-state index is 0.115. The van der Waals surface area contributed by atoms with Crippen LogP contribution in [0.1, 0.15) is 10.5 Å². The van der Waals surface area contributed by atoms with Gasteiger partial charge in [0.2, 0.25) is 5.13 Å². The molecule has 0 saturated heterocycles. The van der Waals surface area contributed by atoms with Crippen molar-refractivity contribution in [1.29, 1.82) is 0 Å². The molecular weight excluding hydrogens is 383 g/mol. The molecule has 1 amide bonds. The van der Waals surface area contributed by atoms with E-state index in [0.717, 1.165) is 11.3 Å². The van der Waals surface area contributed by atoms with Crippen molar-refractivity contribution in [2.45, 2.75) is 0 Å². The summed E-state index contributed by atoms with van der Waals surface area (Å²) in [6.45, 7) is 0. The van der Waals surface area contributed by atoms with Crippen molar-refractivity contribution in [2.24, 2.45) is 0 Å². The molecular formula is C19H13FN4O3S. The monoisotopic (exact) mass is 396 g/mol. The maximum Gasteiger partial charge on any atom is 0.279 e. The number of hydrogen-bond donors (Lipinski definition) is 1. The van der Waals surface area contributed by atoms with Crippen LogP contribution in [-0.4, -0.2) is 28.4 Å². The minimum Gasteiger partial charge on any atom is -0.497 e. The Morgan fingerprint density at radius 2 is 1.79 bits per heavy atom. The number of benzene rings is 2. The Kier molecular flexibility index (Phi) is 4.81. The fraction of sp³-hybridized carbons (Fsp3) is 0.0526. The summed E-state index contributed by atoms with van der Waals surface area (Å²) in [5.41, 5.74) is 1.59. The molecule has 0 bridgehead atoms. The van der Waals surface area contributed by atoms with Gasteiger partial charge >= 0.3 is 0 Å². The predicted octanol–water partition coefficient (Wildman–Crippen LogP) is 4.26. The van der Waals surface area contributed by atoms with Crippen LogP contribution in [0.15, 0.2) is 59.1 Å². The molecule has 0 fully saturated rings. The lowest BCUT2D eigenvalue weighted by molar-refractivity contribution is 0.101. The molecule has 0 unspecified atom stereocenters. The third kappa shape index (κ3) is 3.74. The van der Waals surface area contributed by atoms with Crippen LogP contribution in [-0.2, 0) is 0 Å². The molecule has 7 nitrogen and oxygen atoms in total. The average molecular weight is 396 g/mol. The second kappa shape index (κ2) is 7.57. The van der Waals surface area contributed by atoms with Gasteiger partial charge in [0.1, 0.15) is 16.6 Å². The topological polar surface area (TPSA) is 90.1 Å². The summed E-state index contributed by atoms with van der Waals surface area (Å²) < 4.78 is 23.4. The van der Waals surface area contributed by atoms with Crippen molar-refractivity contribution in [2.75, 3.05) is 12.4 Å². The van der Waals surface area contributed by atoms with E-state index in [2.05, 4.69) is 20.7 Å². The molecule has 0 aliphatic rings. The molecule has 2 aromatic heterocycles. The zero-order valence-corrected chi connectivity index (χ0v) is 15.4. The molecule has 0 aliphatic heterocycles. The molecule has 4 rings (SSSR count). The number of carbonyl (C=O) groups excluding carboxylic acids is 1.